The predicted octanol–water partition coefficient (Wildman–Crippen LogP) is 4.14. The van der Waals surface area contributed by atoms with Gasteiger partial charge in [-0.05, 0) is 48.5 Å². The van der Waals surface area contributed by atoms with Crippen LogP contribution in [0.15, 0.2) is 79.0 Å². The summed E-state index contributed by atoms with van der Waals surface area (Å²) in [5, 5.41) is 8.16. The number of amides is 1. The fourth-order valence-corrected chi connectivity index (χ4v) is 3.20. The molecule has 0 atom stereocenters. The van der Waals surface area contributed by atoms with Crippen LogP contribution in [-0.2, 0) is 6.42 Å². The maximum absolute atomic E-state index is 12.4. The van der Waals surface area contributed by atoms with Gasteiger partial charge in [-0.1, -0.05) is 29.8 Å². The van der Waals surface area contributed by atoms with Gasteiger partial charge in [0.2, 0.25) is 0 Å². The Hall–Kier alpha value is -3.64. The van der Waals surface area contributed by atoms with Crippen LogP contribution in [0.3, 0.4) is 0 Å². The van der Waals surface area contributed by atoms with Crippen molar-refractivity contribution < 1.29 is 4.79 Å². The van der Waals surface area contributed by atoms with Crippen molar-refractivity contribution in [2.24, 2.45) is 0 Å². The molecule has 7 heteroatoms. The third kappa shape index (κ3) is 4.50. The Morgan fingerprint density at radius 2 is 1.80 bits per heavy atom. The molecule has 2 aromatic heterocycles. The predicted molar refractivity (Wildman–Crippen MR) is 119 cm³/mol. The molecule has 3 N–H and O–H groups in total. The van der Waals surface area contributed by atoms with E-state index in [2.05, 4.69) is 15.4 Å². The first-order chi connectivity index (χ1) is 14.6. The molecule has 0 saturated carbocycles. The highest BCUT2D eigenvalue weighted by molar-refractivity contribution is 6.30. The normalized spacial score (nSPS) is 10.7. The molecule has 30 heavy (non-hydrogen) atoms. The second-order valence-electron chi connectivity index (χ2n) is 6.75. The number of carbonyl (C=O) groups excluding carboxylic acids is 1. The molecular weight excluding hydrogens is 398 g/mol. The Kier molecular flexibility index (Phi) is 5.77. The quantitative estimate of drug-likeness (QED) is 0.493. The SMILES string of the molecule is Nc1cc(-c2ccc(Cl)cc2)nn1-c1ccc(C(=O)NCCc2ccccn2)cc1. The van der Waals surface area contributed by atoms with Crippen LogP contribution in [0.1, 0.15) is 16.1 Å². The first-order valence-electron chi connectivity index (χ1n) is 9.50. The van der Waals surface area contributed by atoms with Gasteiger partial charge in [-0.15, -0.1) is 0 Å². The number of benzene rings is 2. The van der Waals surface area contributed by atoms with Crippen molar-refractivity contribution in [1.29, 1.82) is 0 Å². The fourth-order valence-electron chi connectivity index (χ4n) is 3.07. The third-order valence-electron chi connectivity index (χ3n) is 4.64. The highest BCUT2D eigenvalue weighted by Crippen LogP contribution is 2.24. The van der Waals surface area contributed by atoms with E-state index in [1.54, 1.807) is 23.0 Å². The number of aromatic nitrogens is 3. The molecule has 6 nitrogen and oxygen atoms in total. The average molecular weight is 418 g/mol. The van der Waals surface area contributed by atoms with Crippen molar-refractivity contribution in [1.82, 2.24) is 20.1 Å². The Morgan fingerprint density at radius 3 is 2.50 bits per heavy atom. The van der Waals surface area contributed by atoms with Crippen molar-refractivity contribution in [3.63, 3.8) is 0 Å². The zero-order valence-electron chi connectivity index (χ0n) is 16.1. The summed E-state index contributed by atoms with van der Waals surface area (Å²) in [4.78, 5) is 16.6. The Labute approximate surface area is 179 Å². The van der Waals surface area contributed by atoms with Crippen LogP contribution < -0.4 is 11.1 Å². The van der Waals surface area contributed by atoms with Crippen LogP contribution in [-0.4, -0.2) is 27.2 Å². The zero-order valence-corrected chi connectivity index (χ0v) is 16.9. The van der Waals surface area contributed by atoms with E-state index >= 15 is 0 Å². The van der Waals surface area contributed by atoms with Crippen molar-refractivity contribution in [3.05, 3.63) is 95.3 Å². The maximum Gasteiger partial charge on any atom is 0.251 e. The molecular formula is C23H20ClN5O. The van der Waals surface area contributed by atoms with Crippen LogP contribution in [0.2, 0.25) is 5.02 Å². The molecule has 0 spiro atoms. The van der Waals surface area contributed by atoms with Crippen LogP contribution in [0.5, 0.6) is 0 Å². The number of nitrogens with two attached hydrogens (primary N) is 1. The standard InChI is InChI=1S/C23H20ClN5O/c24-18-8-4-16(5-9-18)21-15-22(25)29(28-21)20-10-6-17(7-11-20)23(30)27-14-12-19-3-1-2-13-26-19/h1-11,13,15H,12,14,25H2,(H,27,30). The Bertz CT molecular complexity index is 1140. The minimum atomic E-state index is -0.132. The lowest BCUT2D eigenvalue weighted by Crippen LogP contribution is -2.25. The second-order valence-corrected chi connectivity index (χ2v) is 7.18. The second kappa shape index (κ2) is 8.80. The van der Waals surface area contributed by atoms with Crippen LogP contribution in [0.25, 0.3) is 16.9 Å². The molecule has 4 aromatic rings. The average Bonchev–Trinajstić information content (AvgIpc) is 3.16. The number of halogens is 1. The largest absolute Gasteiger partial charge is 0.384 e. The molecule has 2 aromatic carbocycles. The summed E-state index contributed by atoms with van der Waals surface area (Å²) in [6, 6.07) is 22.1. The molecule has 0 fully saturated rings. The first-order valence-corrected chi connectivity index (χ1v) is 9.88. The fraction of sp³-hybridized carbons (Fsp3) is 0.0870. The van der Waals surface area contributed by atoms with Crippen LogP contribution >= 0.6 is 11.6 Å². The van der Waals surface area contributed by atoms with Gasteiger partial charge in [0.25, 0.3) is 5.91 Å². The molecule has 0 aliphatic rings. The molecule has 0 unspecified atom stereocenters. The minimum absolute atomic E-state index is 0.132. The van der Waals surface area contributed by atoms with Crippen molar-refractivity contribution in [2.75, 3.05) is 12.3 Å². The highest BCUT2D eigenvalue weighted by atomic mass is 35.5. The smallest absolute Gasteiger partial charge is 0.251 e. The molecule has 1 amide bonds. The molecule has 0 aliphatic carbocycles. The van der Waals surface area contributed by atoms with Gasteiger partial charge in [-0.25, -0.2) is 4.68 Å². The van der Waals surface area contributed by atoms with Crippen molar-refractivity contribution >= 4 is 23.3 Å². The molecule has 4 rings (SSSR count). The van der Waals surface area contributed by atoms with E-state index in [1.165, 1.54) is 0 Å². The van der Waals surface area contributed by atoms with Gasteiger partial charge in [-0.2, -0.15) is 5.10 Å². The molecule has 0 aliphatic heterocycles. The van der Waals surface area contributed by atoms with Gasteiger partial charge in [0.15, 0.2) is 0 Å². The number of anilines is 1. The monoisotopic (exact) mass is 417 g/mol. The number of nitrogens with one attached hydrogen (secondary N) is 1. The maximum atomic E-state index is 12.4. The number of carbonyl (C=O) groups is 1. The van der Waals surface area contributed by atoms with E-state index in [0.29, 0.717) is 29.4 Å². The minimum Gasteiger partial charge on any atom is -0.384 e. The number of rotatable bonds is 6. The van der Waals surface area contributed by atoms with Gasteiger partial charge in [0, 0.05) is 47.1 Å². The number of hydrogen-bond acceptors (Lipinski definition) is 4. The summed E-state index contributed by atoms with van der Waals surface area (Å²) in [5.41, 5.74) is 10.1. The van der Waals surface area contributed by atoms with Crippen LogP contribution in [0, 0.1) is 0 Å². The first kappa shape index (κ1) is 19.7. The van der Waals surface area contributed by atoms with E-state index in [1.807, 2.05) is 60.7 Å². The highest BCUT2D eigenvalue weighted by Gasteiger charge is 2.11. The number of nitrogen functional groups attached to an aromatic ring is 1. The molecule has 0 bridgehead atoms. The van der Waals surface area contributed by atoms with Gasteiger partial charge >= 0.3 is 0 Å². The molecule has 150 valence electrons. The van der Waals surface area contributed by atoms with Gasteiger partial charge in [0.1, 0.15) is 5.82 Å². The van der Waals surface area contributed by atoms with Gasteiger partial charge in [0.05, 0.1) is 11.4 Å². The summed E-state index contributed by atoms with van der Waals surface area (Å²) < 4.78 is 1.65. The molecule has 2 heterocycles. The number of nitrogens with zero attached hydrogens (tertiary/aromatic N) is 3. The lowest BCUT2D eigenvalue weighted by Gasteiger charge is -2.07. The Balaban J connectivity index is 1.43. The van der Waals surface area contributed by atoms with Crippen molar-refractivity contribution in [2.45, 2.75) is 6.42 Å². The van der Waals surface area contributed by atoms with Crippen LogP contribution in [0.4, 0.5) is 5.82 Å². The van der Waals surface area contributed by atoms with E-state index in [4.69, 9.17) is 17.3 Å². The number of pyridine rings is 1. The lowest BCUT2D eigenvalue weighted by molar-refractivity contribution is 0.0954. The van der Waals surface area contributed by atoms with Gasteiger partial charge < -0.3 is 11.1 Å². The molecule has 0 radical (unpaired) electrons. The summed E-state index contributed by atoms with van der Waals surface area (Å²) in [5.74, 6) is 0.375. The topological polar surface area (TPSA) is 85.8 Å². The van der Waals surface area contributed by atoms with E-state index in [9.17, 15) is 4.79 Å². The zero-order chi connectivity index (χ0) is 20.9. The molecule has 0 saturated heterocycles. The van der Waals surface area contributed by atoms with E-state index < -0.39 is 0 Å². The van der Waals surface area contributed by atoms with E-state index in [-0.39, 0.29) is 5.91 Å². The number of hydrogen-bond donors (Lipinski definition) is 2. The lowest BCUT2D eigenvalue weighted by atomic mass is 10.1. The van der Waals surface area contributed by atoms with Gasteiger partial charge in [-0.3, -0.25) is 9.78 Å². The summed E-state index contributed by atoms with van der Waals surface area (Å²) in [7, 11) is 0. The summed E-state index contributed by atoms with van der Waals surface area (Å²) in [6.07, 6.45) is 2.43. The summed E-state index contributed by atoms with van der Waals surface area (Å²) in [6.45, 7) is 0.522. The summed E-state index contributed by atoms with van der Waals surface area (Å²) >= 11 is 5.95. The Morgan fingerprint density at radius 1 is 1.03 bits per heavy atom. The van der Waals surface area contributed by atoms with Crippen molar-refractivity contribution in [3.8, 4) is 16.9 Å². The third-order valence-corrected chi connectivity index (χ3v) is 4.90. The van der Waals surface area contributed by atoms with E-state index in [0.717, 1.165) is 22.6 Å².